The van der Waals surface area contributed by atoms with Crippen LogP contribution < -0.4 is 5.32 Å². The number of nitrogens with zero attached hydrogens (tertiary/aromatic N) is 5. The summed E-state index contributed by atoms with van der Waals surface area (Å²) in [5.74, 6) is 1.34. The fourth-order valence-corrected chi connectivity index (χ4v) is 9.79. The molecular weight excluding hydrogens is 886 g/mol. The fraction of sp³-hybridized carbons (Fsp3) is 0.367. The number of amides is 3. The molecule has 0 saturated carbocycles. The highest BCUT2D eigenvalue weighted by Gasteiger charge is 2.47. The summed E-state index contributed by atoms with van der Waals surface area (Å²) in [6.45, 7) is 8.99. The van der Waals surface area contributed by atoms with Gasteiger partial charge in [-0.1, -0.05) is 76.2 Å². The van der Waals surface area contributed by atoms with Crippen LogP contribution in [0.3, 0.4) is 0 Å². The number of aromatic nitrogens is 5. The number of ether oxygens (including phenoxy) is 1. The first-order valence-electron chi connectivity index (χ1n) is 22.3. The number of hydrogen-bond acceptors (Lipinski definition) is 8. The van der Waals surface area contributed by atoms with E-state index in [4.69, 9.17) is 4.74 Å². The zero-order valence-electron chi connectivity index (χ0n) is 37.8. The van der Waals surface area contributed by atoms with Crippen LogP contribution in [0.4, 0.5) is 18.0 Å². The third-order valence-electron chi connectivity index (χ3n) is 12.5. The van der Waals surface area contributed by atoms with Crippen molar-refractivity contribution in [2.45, 2.75) is 88.3 Å². The van der Waals surface area contributed by atoms with Crippen molar-refractivity contribution >= 4 is 27.7 Å². The normalized spacial score (nSPS) is 17.1. The van der Waals surface area contributed by atoms with Gasteiger partial charge in [-0.25, -0.2) is 23.2 Å². The van der Waals surface area contributed by atoms with E-state index in [-0.39, 0.29) is 35.7 Å². The second kappa shape index (κ2) is 18.9. The summed E-state index contributed by atoms with van der Waals surface area (Å²) in [5.41, 5.74) is 1.09. The maximum atomic E-state index is 13.7. The van der Waals surface area contributed by atoms with Gasteiger partial charge in [0.2, 0.25) is 11.8 Å². The standard InChI is InChI=1S/C49H53F3N8O6S/c1-29(2)26-43(61)58-24-6-8-41(58)45-53-27-37(55-45)31-10-14-33(15-11-31)39-22-23-40(60(39)35-18-20-36(21-19-35)67(64,65)49(50,51)52)34-16-12-32(13-17-34)38-28-54-46(56-38)42-9-7-25-59(42)47(62)44(30(3)4)57-48(63)66-5/h10-23,27-30,41-42,44H,6-9,24-26H2,1-5H3,(H,53,55)(H,54,56)(H,57,63)/t41-,42-,44-/m0/s1. The number of hydrogen-bond donors (Lipinski definition) is 3. The van der Waals surface area contributed by atoms with Crippen molar-refractivity contribution in [3.05, 3.63) is 109 Å². The molecule has 3 amide bonds. The minimum absolute atomic E-state index is 0.119. The summed E-state index contributed by atoms with van der Waals surface area (Å²) >= 11 is 0. The van der Waals surface area contributed by atoms with Gasteiger partial charge in [0.15, 0.2) is 0 Å². The Morgan fingerprint density at radius 2 is 1.21 bits per heavy atom. The van der Waals surface area contributed by atoms with Crippen molar-refractivity contribution < 1.29 is 40.7 Å². The Morgan fingerprint density at radius 1 is 0.731 bits per heavy atom. The Kier molecular flexibility index (Phi) is 13.2. The van der Waals surface area contributed by atoms with E-state index in [0.29, 0.717) is 48.8 Å². The number of imidazole rings is 2. The summed E-state index contributed by atoms with van der Waals surface area (Å²) in [6.07, 6.45) is 6.46. The minimum Gasteiger partial charge on any atom is -0.453 e. The zero-order chi connectivity index (χ0) is 47.8. The number of alkyl halides is 3. The van der Waals surface area contributed by atoms with Crippen molar-refractivity contribution in [3.8, 4) is 50.7 Å². The number of benzene rings is 3. The highest BCUT2D eigenvalue weighted by molar-refractivity contribution is 7.92. The summed E-state index contributed by atoms with van der Waals surface area (Å²) < 4.78 is 71.8. The number of rotatable bonds is 13. The third-order valence-corrected chi connectivity index (χ3v) is 14.0. The molecule has 0 radical (unpaired) electrons. The van der Waals surface area contributed by atoms with Crippen LogP contribution in [-0.2, 0) is 24.2 Å². The number of halogens is 3. The molecule has 18 heteroatoms. The second-order valence-electron chi connectivity index (χ2n) is 17.8. The van der Waals surface area contributed by atoms with E-state index in [1.165, 1.54) is 19.2 Å². The summed E-state index contributed by atoms with van der Waals surface area (Å²) in [7, 11) is -4.32. The highest BCUT2D eigenvalue weighted by atomic mass is 32.2. The molecule has 6 aromatic rings. The molecule has 2 aliphatic rings. The lowest BCUT2D eigenvalue weighted by Crippen LogP contribution is -2.51. The van der Waals surface area contributed by atoms with Crippen LogP contribution in [0.2, 0.25) is 0 Å². The van der Waals surface area contributed by atoms with Crippen molar-refractivity contribution in [2.75, 3.05) is 20.2 Å². The van der Waals surface area contributed by atoms with E-state index in [2.05, 4.69) is 25.3 Å². The van der Waals surface area contributed by atoms with Crippen LogP contribution >= 0.6 is 0 Å². The van der Waals surface area contributed by atoms with Gasteiger partial charge in [0.05, 0.1) is 59.3 Å². The van der Waals surface area contributed by atoms with Crippen LogP contribution in [0.5, 0.6) is 0 Å². The van der Waals surface area contributed by atoms with Gasteiger partial charge in [-0.3, -0.25) is 9.59 Å². The van der Waals surface area contributed by atoms with Gasteiger partial charge in [-0.2, -0.15) is 13.2 Å². The van der Waals surface area contributed by atoms with E-state index in [1.54, 1.807) is 17.3 Å². The molecular formula is C49H53F3N8O6S. The summed E-state index contributed by atoms with van der Waals surface area (Å²) in [4.78, 5) is 57.7. The quantitative estimate of drug-likeness (QED) is 0.103. The van der Waals surface area contributed by atoms with E-state index >= 15 is 0 Å². The number of carbonyl (C=O) groups is 3. The maximum Gasteiger partial charge on any atom is 0.501 e. The predicted octanol–water partition coefficient (Wildman–Crippen LogP) is 9.64. The van der Waals surface area contributed by atoms with Crippen LogP contribution in [0, 0.1) is 11.8 Å². The highest BCUT2D eigenvalue weighted by Crippen LogP contribution is 2.38. The first-order valence-corrected chi connectivity index (χ1v) is 23.8. The molecule has 0 bridgehead atoms. The second-order valence-corrected chi connectivity index (χ2v) is 19.7. The lowest BCUT2D eigenvalue weighted by molar-refractivity contribution is -0.135. The lowest BCUT2D eigenvalue weighted by Gasteiger charge is -2.30. The molecule has 2 aliphatic heterocycles. The van der Waals surface area contributed by atoms with Crippen LogP contribution in [0.15, 0.2) is 102 Å². The van der Waals surface area contributed by atoms with Gasteiger partial charge in [0, 0.05) is 25.2 Å². The van der Waals surface area contributed by atoms with E-state index in [9.17, 15) is 36.0 Å². The van der Waals surface area contributed by atoms with Crippen LogP contribution in [0.25, 0.3) is 50.7 Å². The smallest absolute Gasteiger partial charge is 0.453 e. The first-order chi connectivity index (χ1) is 31.9. The van der Waals surface area contributed by atoms with Crippen LogP contribution in [-0.4, -0.2) is 92.4 Å². The molecule has 3 aromatic heterocycles. The van der Waals surface area contributed by atoms with Gasteiger partial charge in [-0.05, 0) is 96.2 Å². The monoisotopic (exact) mass is 938 g/mol. The number of likely N-dealkylation sites (tertiary alicyclic amines) is 2. The number of aromatic amines is 2. The maximum absolute atomic E-state index is 13.7. The Bertz CT molecular complexity index is 2850. The van der Waals surface area contributed by atoms with E-state index < -0.39 is 32.4 Å². The minimum atomic E-state index is -5.57. The SMILES string of the molecule is COC(=O)N[C@H](C(=O)N1CCC[C@H]1c1ncc(-c2ccc(-c3ccc(-c4ccc(-c5cnc([C@@H]6CCCN6C(=O)CC(C)C)[nH]5)cc4)n3-c3ccc(S(=O)(=O)C(F)(F)F)cc3)cc2)[nH]1)C(C)C. The number of nitrogens with one attached hydrogen (secondary N) is 3. The average Bonchev–Trinajstić information content (AvgIpc) is 4.17. The van der Waals surface area contributed by atoms with E-state index in [1.807, 2.05) is 97.8 Å². The van der Waals surface area contributed by atoms with Crippen molar-refractivity contribution in [2.24, 2.45) is 11.8 Å². The molecule has 3 aromatic carbocycles. The van der Waals surface area contributed by atoms with Gasteiger partial charge in [-0.15, -0.1) is 0 Å². The molecule has 352 valence electrons. The summed E-state index contributed by atoms with van der Waals surface area (Å²) in [6, 6.07) is 22.6. The van der Waals surface area contributed by atoms with Crippen LogP contribution in [0.1, 0.15) is 83.5 Å². The van der Waals surface area contributed by atoms with Gasteiger partial charge >= 0.3 is 11.6 Å². The summed E-state index contributed by atoms with van der Waals surface area (Å²) in [5, 5.41) is 2.67. The predicted molar refractivity (Wildman–Crippen MR) is 246 cm³/mol. The number of sulfone groups is 1. The van der Waals surface area contributed by atoms with Gasteiger partial charge < -0.3 is 34.4 Å². The Labute approximate surface area is 386 Å². The zero-order valence-corrected chi connectivity index (χ0v) is 38.6. The molecule has 5 heterocycles. The topological polar surface area (TPSA) is 175 Å². The number of carbonyl (C=O) groups excluding carboxylic acids is 3. The molecule has 14 nitrogen and oxygen atoms in total. The molecule has 8 rings (SSSR count). The number of methoxy groups -OCH3 is 1. The lowest BCUT2D eigenvalue weighted by atomic mass is 10.0. The largest absolute Gasteiger partial charge is 0.501 e. The average molecular weight is 939 g/mol. The Morgan fingerprint density at radius 3 is 1.67 bits per heavy atom. The first kappa shape index (κ1) is 46.8. The third kappa shape index (κ3) is 9.48. The molecule has 67 heavy (non-hydrogen) atoms. The van der Waals surface area contributed by atoms with Crippen molar-refractivity contribution in [3.63, 3.8) is 0 Å². The Balaban J connectivity index is 1.08. The molecule has 0 aliphatic carbocycles. The molecule has 0 spiro atoms. The molecule has 2 fully saturated rings. The van der Waals surface area contributed by atoms with Gasteiger partial charge in [0.1, 0.15) is 17.7 Å². The van der Waals surface area contributed by atoms with Crippen molar-refractivity contribution in [1.29, 1.82) is 0 Å². The van der Waals surface area contributed by atoms with Crippen molar-refractivity contribution in [1.82, 2.24) is 39.6 Å². The van der Waals surface area contributed by atoms with Gasteiger partial charge in [0.25, 0.3) is 9.84 Å². The molecule has 3 atom stereocenters. The fourth-order valence-electron chi connectivity index (χ4n) is 9.03. The molecule has 0 unspecified atom stereocenters. The Hall–Kier alpha value is -6.69. The molecule has 3 N–H and O–H groups in total. The van der Waals surface area contributed by atoms with E-state index in [0.717, 1.165) is 70.9 Å². The number of H-pyrrole nitrogens is 2. The molecule has 2 saturated heterocycles. The number of alkyl carbamates (subject to hydrolysis) is 1.